The Hall–Kier alpha value is -2.74. The van der Waals surface area contributed by atoms with Gasteiger partial charge in [0, 0.05) is 43.2 Å². The molecular weight excluding hydrogens is 370 g/mol. The summed E-state index contributed by atoms with van der Waals surface area (Å²) in [5, 5.41) is 10.5. The maximum atomic E-state index is 12.4. The zero-order valence-electron chi connectivity index (χ0n) is 16.4. The van der Waals surface area contributed by atoms with Crippen LogP contribution in [0.4, 0.5) is 4.79 Å². The molecule has 2 aromatic rings. The van der Waals surface area contributed by atoms with Crippen molar-refractivity contribution in [3.05, 3.63) is 47.0 Å². The largest absolute Gasteiger partial charge is 0.376 e. The molecule has 1 aliphatic heterocycles. The second kappa shape index (κ2) is 9.17. The van der Waals surface area contributed by atoms with Gasteiger partial charge in [0.25, 0.3) is 5.56 Å². The smallest absolute Gasteiger partial charge is 0.315 e. The summed E-state index contributed by atoms with van der Waals surface area (Å²) in [6, 6.07) is 7.12. The van der Waals surface area contributed by atoms with Crippen LogP contribution in [0.5, 0.6) is 0 Å². The van der Waals surface area contributed by atoms with E-state index in [1.807, 2.05) is 12.1 Å². The zero-order valence-corrected chi connectivity index (χ0v) is 16.4. The van der Waals surface area contributed by atoms with E-state index < -0.39 is 0 Å². The highest BCUT2D eigenvalue weighted by atomic mass is 16.5. The van der Waals surface area contributed by atoms with Crippen LogP contribution >= 0.6 is 0 Å². The Bertz CT molecular complexity index is 871. The molecule has 1 unspecified atom stereocenters. The van der Waals surface area contributed by atoms with Crippen molar-refractivity contribution in [3.8, 4) is 11.3 Å². The average molecular weight is 397 g/mol. The summed E-state index contributed by atoms with van der Waals surface area (Å²) in [6.45, 7) is 1.34. The molecule has 0 radical (unpaired) electrons. The van der Waals surface area contributed by atoms with E-state index in [1.54, 1.807) is 29.2 Å². The summed E-state index contributed by atoms with van der Waals surface area (Å²) < 4.78 is 7.12. The molecule has 0 aromatic carbocycles. The summed E-state index contributed by atoms with van der Waals surface area (Å²) in [4.78, 5) is 28.5. The third-order valence-corrected chi connectivity index (χ3v) is 5.69. The minimum Gasteiger partial charge on any atom is -0.376 e. The highest BCUT2D eigenvalue weighted by Crippen LogP contribution is 2.27. The lowest BCUT2D eigenvalue weighted by Gasteiger charge is -2.29. The van der Waals surface area contributed by atoms with E-state index in [0.717, 1.165) is 56.4 Å². The number of pyridine rings is 1. The van der Waals surface area contributed by atoms with Crippen LogP contribution in [0.15, 0.2) is 41.5 Å². The first-order chi connectivity index (χ1) is 14.2. The Kier molecular flexibility index (Phi) is 6.19. The lowest BCUT2D eigenvalue weighted by Crippen LogP contribution is -2.46. The summed E-state index contributed by atoms with van der Waals surface area (Å²) in [5.41, 5.74) is 1.61. The minimum absolute atomic E-state index is 0.0530. The van der Waals surface area contributed by atoms with Gasteiger partial charge in [-0.15, -0.1) is 0 Å². The van der Waals surface area contributed by atoms with Gasteiger partial charge < -0.3 is 15.4 Å². The molecule has 3 heterocycles. The fourth-order valence-electron chi connectivity index (χ4n) is 4.08. The van der Waals surface area contributed by atoms with Crippen LogP contribution in [-0.2, 0) is 4.74 Å². The van der Waals surface area contributed by atoms with Crippen molar-refractivity contribution in [2.45, 2.75) is 56.7 Å². The normalized spacial score (nSPS) is 24.2. The molecule has 1 saturated carbocycles. The van der Waals surface area contributed by atoms with Crippen molar-refractivity contribution in [1.82, 2.24) is 25.4 Å². The van der Waals surface area contributed by atoms with Crippen LogP contribution in [0, 0.1) is 0 Å². The Morgan fingerprint density at radius 1 is 1.10 bits per heavy atom. The van der Waals surface area contributed by atoms with E-state index in [4.69, 9.17) is 4.74 Å². The molecule has 2 amide bonds. The Morgan fingerprint density at radius 3 is 2.62 bits per heavy atom. The van der Waals surface area contributed by atoms with Gasteiger partial charge in [-0.25, -0.2) is 9.48 Å². The molecule has 2 aliphatic rings. The summed E-state index contributed by atoms with van der Waals surface area (Å²) in [5.74, 6) is 0. The van der Waals surface area contributed by atoms with Gasteiger partial charge in [-0.3, -0.25) is 9.78 Å². The average Bonchev–Trinajstić information content (AvgIpc) is 3.28. The number of hydrogen-bond donors (Lipinski definition) is 2. The molecule has 8 nitrogen and oxygen atoms in total. The number of aromatic nitrogens is 3. The van der Waals surface area contributed by atoms with Crippen molar-refractivity contribution in [2.75, 3.05) is 13.2 Å². The summed E-state index contributed by atoms with van der Waals surface area (Å²) >= 11 is 0. The topological polar surface area (TPSA) is 98.1 Å². The first-order valence-electron chi connectivity index (χ1n) is 10.4. The van der Waals surface area contributed by atoms with E-state index in [2.05, 4.69) is 20.7 Å². The van der Waals surface area contributed by atoms with Crippen molar-refractivity contribution >= 4 is 6.03 Å². The van der Waals surface area contributed by atoms with Gasteiger partial charge in [-0.05, 0) is 56.7 Å². The van der Waals surface area contributed by atoms with Crippen LogP contribution in [-0.4, -0.2) is 46.1 Å². The number of ether oxygens (including phenoxy) is 1. The number of nitrogens with zero attached hydrogens (tertiary/aromatic N) is 3. The third-order valence-electron chi connectivity index (χ3n) is 5.69. The predicted molar refractivity (Wildman–Crippen MR) is 109 cm³/mol. The van der Waals surface area contributed by atoms with Crippen LogP contribution in [0.25, 0.3) is 11.3 Å². The number of urea groups is 1. The van der Waals surface area contributed by atoms with Crippen LogP contribution in [0.3, 0.4) is 0 Å². The Labute approximate surface area is 169 Å². The molecule has 1 aliphatic carbocycles. The number of rotatable bonds is 5. The fraction of sp³-hybridized carbons (Fsp3) is 0.524. The van der Waals surface area contributed by atoms with Gasteiger partial charge in [-0.2, -0.15) is 5.10 Å². The molecular formula is C21H27N5O3. The molecule has 0 bridgehead atoms. The van der Waals surface area contributed by atoms with E-state index in [-0.39, 0.29) is 29.8 Å². The summed E-state index contributed by atoms with van der Waals surface area (Å²) in [6.07, 6.45) is 8.91. The fourth-order valence-corrected chi connectivity index (χ4v) is 4.08. The molecule has 154 valence electrons. The lowest BCUT2D eigenvalue weighted by molar-refractivity contribution is 0.111. The first-order valence-corrected chi connectivity index (χ1v) is 10.4. The van der Waals surface area contributed by atoms with Gasteiger partial charge in [0.05, 0.1) is 17.8 Å². The molecule has 0 spiro atoms. The minimum atomic E-state index is -0.140. The maximum absolute atomic E-state index is 12.4. The van der Waals surface area contributed by atoms with Gasteiger partial charge >= 0.3 is 6.03 Å². The highest BCUT2D eigenvalue weighted by Gasteiger charge is 2.25. The molecule has 1 atom stereocenters. The standard InChI is InChI=1S/C21H27N5O3/c27-20-8-7-19(15-9-11-22-12-10-15)25-26(20)17-5-3-16(4-6-17)24-21(28)23-14-18-2-1-13-29-18/h7-12,16-18H,1-6,13-14H2,(H2,23,24,28). The van der Waals surface area contributed by atoms with Gasteiger partial charge in [0.15, 0.2) is 0 Å². The van der Waals surface area contributed by atoms with Crippen molar-refractivity contribution in [3.63, 3.8) is 0 Å². The molecule has 1 saturated heterocycles. The molecule has 2 N–H and O–H groups in total. The van der Waals surface area contributed by atoms with E-state index in [1.165, 1.54) is 0 Å². The van der Waals surface area contributed by atoms with Gasteiger partial charge in [0.2, 0.25) is 0 Å². The number of amides is 2. The molecule has 2 aromatic heterocycles. The van der Waals surface area contributed by atoms with Crippen LogP contribution in [0.2, 0.25) is 0 Å². The monoisotopic (exact) mass is 397 g/mol. The predicted octanol–water partition coefficient (Wildman–Crippen LogP) is 2.27. The highest BCUT2D eigenvalue weighted by molar-refractivity contribution is 5.74. The molecule has 4 rings (SSSR count). The van der Waals surface area contributed by atoms with Crippen molar-refractivity contribution in [1.29, 1.82) is 0 Å². The second-order valence-electron chi connectivity index (χ2n) is 7.73. The van der Waals surface area contributed by atoms with Crippen molar-refractivity contribution < 1.29 is 9.53 Å². The third kappa shape index (κ3) is 5.00. The van der Waals surface area contributed by atoms with Crippen LogP contribution < -0.4 is 16.2 Å². The van der Waals surface area contributed by atoms with E-state index in [0.29, 0.717) is 6.54 Å². The van der Waals surface area contributed by atoms with Crippen LogP contribution in [0.1, 0.15) is 44.6 Å². The number of hydrogen-bond acceptors (Lipinski definition) is 5. The maximum Gasteiger partial charge on any atom is 0.315 e. The quantitative estimate of drug-likeness (QED) is 0.807. The molecule has 29 heavy (non-hydrogen) atoms. The van der Waals surface area contributed by atoms with E-state index in [9.17, 15) is 9.59 Å². The van der Waals surface area contributed by atoms with Gasteiger partial charge in [0.1, 0.15) is 0 Å². The first kappa shape index (κ1) is 19.6. The Morgan fingerprint density at radius 2 is 1.90 bits per heavy atom. The number of nitrogens with one attached hydrogen (secondary N) is 2. The van der Waals surface area contributed by atoms with E-state index >= 15 is 0 Å². The Balaban J connectivity index is 1.31. The lowest BCUT2D eigenvalue weighted by atomic mass is 9.91. The molecule has 8 heteroatoms. The van der Waals surface area contributed by atoms with Crippen molar-refractivity contribution in [2.24, 2.45) is 0 Å². The van der Waals surface area contributed by atoms with Gasteiger partial charge in [-0.1, -0.05) is 0 Å². The number of carbonyl (C=O) groups is 1. The molecule has 2 fully saturated rings. The summed E-state index contributed by atoms with van der Waals surface area (Å²) in [7, 11) is 0. The SMILES string of the molecule is O=C(NCC1CCCO1)NC1CCC(n2nc(-c3ccncc3)ccc2=O)CC1. The second-order valence-corrected chi connectivity index (χ2v) is 7.73. The zero-order chi connectivity index (χ0) is 20.1. The number of carbonyl (C=O) groups excluding carboxylic acids is 1.